The van der Waals surface area contributed by atoms with Gasteiger partial charge in [0.1, 0.15) is 5.82 Å². The van der Waals surface area contributed by atoms with Gasteiger partial charge < -0.3 is 5.32 Å². The van der Waals surface area contributed by atoms with E-state index in [1.54, 1.807) is 11.8 Å². The maximum atomic E-state index is 13.4. The molecule has 7 heteroatoms. The molecular formula is C11H14F2N2O2S. The van der Waals surface area contributed by atoms with E-state index in [4.69, 9.17) is 0 Å². The third kappa shape index (κ3) is 3.92. The van der Waals surface area contributed by atoms with E-state index >= 15 is 0 Å². The fourth-order valence-corrected chi connectivity index (χ4v) is 2.07. The van der Waals surface area contributed by atoms with Crippen molar-refractivity contribution < 1.29 is 13.7 Å². The van der Waals surface area contributed by atoms with Gasteiger partial charge in [0.2, 0.25) is 5.82 Å². The van der Waals surface area contributed by atoms with Gasteiger partial charge in [-0.1, -0.05) is 0 Å². The van der Waals surface area contributed by atoms with E-state index in [1.165, 1.54) is 0 Å². The summed E-state index contributed by atoms with van der Waals surface area (Å²) in [7, 11) is 0. The molecule has 0 amide bonds. The quantitative estimate of drug-likeness (QED) is 0.641. The first-order valence-electron chi connectivity index (χ1n) is 5.30. The van der Waals surface area contributed by atoms with E-state index in [0.29, 0.717) is 6.07 Å². The molecule has 0 radical (unpaired) electrons. The summed E-state index contributed by atoms with van der Waals surface area (Å²) in [6.07, 6.45) is 1.95. The molecule has 18 heavy (non-hydrogen) atoms. The minimum Gasteiger partial charge on any atom is -0.309 e. The van der Waals surface area contributed by atoms with Crippen molar-refractivity contribution in [2.24, 2.45) is 0 Å². The first kappa shape index (κ1) is 14.8. The standard InChI is InChI=1S/C11H14F2N2O2S/c1-7(6-18-2)14-5-8-3-11(15(16)17)10(13)4-9(8)12/h3-4,7,14H,5-6H2,1-2H3. The van der Waals surface area contributed by atoms with Crippen molar-refractivity contribution in [2.75, 3.05) is 12.0 Å². The third-order valence-electron chi connectivity index (χ3n) is 2.37. The summed E-state index contributed by atoms with van der Waals surface area (Å²) in [4.78, 5) is 9.69. The third-order valence-corrected chi connectivity index (χ3v) is 3.20. The van der Waals surface area contributed by atoms with Crippen molar-refractivity contribution in [3.8, 4) is 0 Å². The number of hydrogen-bond acceptors (Lipinski definition) is 4. The molecule has 0 aliphatic carbocycles. The van der Waals surface area contributed by atoms with E-state index in [-0.39, 0.29) is 18.2 Å². The minimum absolute atomic E-state index is 0.0936. The maximum absolute atomic E-state index is 13.4. The van der Waals surface area contributed by atoms with Gasteiger partial charge in [-0.05, 0) is 13.2 Å². The Hall–Kier alpha value is -1.21. The molecule has 0 bridgehead atoms. The second kappa shape index (κ2) is 6.65. The minimum atomic E-state index is -1.15. The smallest absolute Gasteiger partial charge is 0.305 e. The molecular weight excluding hydrogens is 262 g/mol. The Morgan fingerprint density at radius 2 is 2.11 bits per heavy atom. The van der Waals surface area contributed by atoms with E-state index in [1.807, 2.05) is 13.2 Å². The van der Waals surface area contributed by atoms with Crippen molar-refractivity contribution in [2.45, 2.75) is 19.5 Å². The van der Waals surface area contributed by atoms with Crippen molar-refractivity contribution in [1.29, 1.82) is 0 Å². The van der Waals surface area contributed by atoms with Crippen molar-refractivity contribution in [3.63, 3.8) is 0 Å². The van der Waals surface area contributed by atoms with E-state index < -0.39 is 22.2 Å². The normalized spacial score (nSPS) is 12.4. The van der Waals surface area contributed by atoms with Crippen molar-refractivity contribution >= 4 is 17.4 Å². The number of benzene rings is 1. The first-order valence-corrected chi connectivity index (χ1v) is 6.69. The summed E-state index contributed by atoms with van der Waals surface area (Å²) in [6.45, 7) is 2.06. The summed E-state index contributed by atoms with van der Waals surface area (Å²) < 4.78 is 26.5. The van der Waals surface area contributed by atoms with E-state index in [2.05, 4.69) is 5.32 Å². The zero-order valence-electron chi connectivity index (χ0n) is 10.1. The predicted molar refractivity (Wildman–Crippen MR) is 67.7 cm³/mol. The highest BCUT2D eigenvalue weighted by Crippen LogP contribution is 2.21. The fourth-order valence-electron chi connectivity index (χ4n) is 1.45. The summed E-state index contributed by atoms with van der Waals surface area (Å²) in [5.74, 6) is -1.09. The zero-order chi connectivity index (χ0) is 13.7. The van der Waals surface area contributed by atoms with Gasteiger partial charge in [0.15, 0.2) is 0 Å². The van der Waals surface area contributed by atoms with Crippen LogP contribution in [0.3, 0.4) is 0 Å². The fraction of sp³-hybridized carbons (Fsp3) is 0.455. The molecule has 100 valence electrons. The van der Waals surface area contributed by atoms with E-state index in [0.717, 1.165) is 11.8 Å². The average molecular weight is 276 g/mol. The molecule has 1 atom stereocenters. The number of thioether (sulfide) groups is 1. The van der Waals surface area contributed by atoms with Crippen LogP contribution in [0.2, 0.25) is 0 Å². The van der Waals surface area contributed by atoms with Crippen LogP contribution in [0.1, 0.15) is 12.5 Å². The highest BCUT2D eigenvalue weighted by Gasteiger charge is 2.18. The summed E-state index contributed by atoms with van der Waals surface area (Å²) >= 11 is 1.64. The molecule has 0 aromatic heterocycles. The van der Waals surface area contributed by atoms with Gasteiger partial charge in [-0.3, -0.25) is 10.1 Å². The molecule has 0 fully saturated rings. The molecule has 0 heterocycles. The molecule has 1 N–H and O–H groups in total. The molecule has 1 aromatic carbocycles. The van der Waals surface area contributed by atoms with Crippen LogP contribution in [0.25, 0.3) is 0 Å². The molecule has 0 saturated carbocycles. The molecule has 1 aromatic rings. The van der Waals surface area contributed by atoms with Crippen LogP contribution in [0.4, 0.5) is 14.5 Å². The second-order valence-electron chi connectivity index (χ2n) is 3.89. The zero-order valence-corrected chi connectivity index (χ0v) is 10.9. The topological polar surface area (TPSA) is 55.2 Å². The Balaban J connectivity index is 2.82. The van der Waals surface area contributed by atoms with Crippen LogP contribution in [0.5, 0.6) is 0 Å². The largest absolute Gasteiger partial charge is 0.309 e. The van der Waals surface area contributed by atoms with Crippen LogP contribution >= 0.6 is 11.8 Å². The van der Waals surface area contributed by atoms with Crippen molar-refractivity contribution in [3.05, 3.63) is 39.4 Å². The number of rotatable bonds is 6. The van der Waals surface area contributed by atoms with Crippen LogP contribution < -0.4 is 5.32 Å². The number of nitro benzene ring substituents is 1. The van der Waals surface area contributed by atoms with Crippen molar-refractivity contribution in [1.82, 2.24) is 5.32 Å². The molecule has 0 spiro atoms. The molecule has 4 nitrogen and oxygen atoms in total. The summed E-state index contributed by atoms with van der Waals surface area (Å²) in [5, 5.41) is 13.6. The predicted octanol–water partition coefficient (Wildman–Crippen LogP) is 2.71. The van der Waals surface area contributed by atoms with Gasteiger partial charge in [0.05, 0.1) is 4.92 Å². The number of halogens is 2. The lowest BCUT2D eigenvalue weighted by Gasteiger charge is -2.12. The Labute approximate surface area is 108 Å². The second-order valence-corrected chi connectivity index (χ2v) is 4.80. The lowest BCUT2D eigenvalue weighted by atomic mass is 10.1. The van der Waals surface area contributed by atoms with Crippen LogP contribution in [-0.2, 0) is 6.54 Å². The highest BCUT2D eigenvalue weighted by molar-refractivity contribution is 7.98. The summed E-state index contributed by atoms with van der Waals surface area (Å²) in [5.41, 5.74) is -0.609. The Morgan fingerprint density at radius 3 is 2.67 bits per heavy atom. The van der Waals surface area contributed by atoms with Crippen LogP contribution in [0, 0.1) is 21.7 Å². The van der Waals surface area contributed by atoms with Gasteiger partial charge in [-0.15, -0.1) is 0 Å². The van der Waals surface area contributed by atoms with Gasteiger partial charge >= 0.3 is 5.69 Å². The monoisotopic (exact) mass is 276 g/mol. The van der Waals surface area contributed by atoms with E-state index in [9.17, 15) is 18.9 Å². The van der Waals surface area contributed by atoms with Crippen LogP contribution in [-0.4, -0.2) is 23.0 Å². The van der Waals surface area contributed by atoms with Gasteiger partial charge in [0, 0.05) is 36.0 Å². The number of nitrogens with zero attached hydrogens (tertiary/aromatic N) is 1. The SMILES string of the molecule is CSCC(C)NCc1cc([N+](=O)[O-])c(F)cc1F. The Kier molecular flexibility index (Phi) is 5.49. The number of nitro groups is 1. The highest BCUT2D eigenvalue weighted by atomic mass is 32.2. The maximum Gasteiger partial charge on any atom is 0.305 e. The first-order chi connectivity index (χ1) is 8.45. The van der Waals surface area contributed by atoms with Gasteiger partial charge in [-0.2, -0.15) is 16.2 Å². The number of nitrogens with one attached hydrogen (secondary N) is 1. The lowest BCUT2D eigenvalue weighted by Crippen LogP contribution is -2.28. The average Bonchev–Trinajstić information content (AvgIpc) is 2.27. The molecule has 1 unspecified atom stereocenters. The van der Waals surface area contributed by atoms with Gasteiger partial charge in [-0.25, -0.2) is 4.39 Å². The Bertz CT molecular complexity index is 443. The Morgan fingerprint density at radius 1 is 1.44 bits per heavy atom. The molecule has 0 aliphatic rings. The lowest BCUT2D eigenvalue weighted by molar-refractivity contribution is -0.387. The molecule has 0 aliphatic heterocycles. The van der Waals surface area contributed by atoms with Crippen LogP contribution in [0.15, 0.2) is 12.1 Å². The van der Waals surface area contributed by atoms with Gasteiger partial charge in [0.25, 0.3) is 0 Å². The number of hydrogen-bond donors (Lipinski definition) is 1. The molecule has 1 rings (SSSR count). The summed E-state index contributed by atoms with van der Waals surface area (Å²) in [6, 6.07) is 1.63. The molecule has 0 saturated heterocycles.